The van der Waals surface area contributed by atoms with Gasteiger partial charge in [0, 0.05) is 12.6 Å². The topological polar surface area (TPSA) is 93.5 Å². The van der Waals surface area contributed by atoms with Crippen LogP contribution in [0.5, 0.6) is 17.4 Å². The molecular formula is C29H22F2N2O5S. The lowest BCUT2D eigenvalue weighted by Crippen LogP contribution is -2.18. The number of thiazole rings is 1. The van der Waals surface area contributed by atoms with E-state index >= 15 is 0 Å². The van der Waals surface area contributed by atoms with Crippen LogP contribution in [0.3, 0.4) is 0 Å². The van der Waals surface area contributed by atoms with Crippen molar-refractivity contribution < 1.29 is 23.4 Å². The molecule has 0 saturated carbocycles. The molecule has 0 aliphatic carbocycles. The first kappa shape index (κ1) is 25.9. The standard InChI is InChI=1S/C29H22F2N2O5S/c1-16(27-28(35)32-29(36)39-27)17-5-10-21(11-6-17)37-13-14-38-26-24(18-3-7-19(30)8-4-18)33(2)23-12-9-20(31)15-22(23)25(26)34/h3-12,15,35H,1,13-14H2,2H3,(H,32,36). The molecule has 5 aromatic rings. The van der Waals surface area contributed by atoms with Gasteiger partial charge in [-0.1, -0.05) is 30.0 Å². The first-order valence-electron chi connectivity index (χ1n) is 11.8. The van der Waals surface area contributed by atoms with E-state index in [1.807, 2.05) is 0 Å². The van der Waals surface area contributed by atoms with Crippen molar-refractivity contribution in [2.75, 3.05) is 13.2 Å². The third-order valence-corrected chi connectivity index (χ3v) is 7.08. The van der Waals surface area contributed by atoms with Crippen LogP contribution < -0.4 is 19.8 Å². The Morgan fingerprint density at radius 3 is 2.31 bits per heavy atom. The molecule has 2 heterocycles. The highest BCUT2D eigenvalue weighted by molar-refractivity contribution is 7.10. The fourth-order valence-electron chi connectivity index (χ4n) is 4.26. The smallest absolute Gasteiger partial charge is 0.307 e. The normalized spacial score (nSPS) is 11.1. The van der Waals surface area contributed by atoms with Gasteiger partial charge >= 0.3 is 4.87 Å². The minimum Gasteiger partial charge on any atom is -0.493 e. The summed E-state index contributed by atoms with van der Waals surface area (Å²) in [7, 11) is 1.73. The Labute approximate surface area is 224 Å². The zero-order valence-corrected chi connectivity index (χ0v) is 21.5. The number of pyridine rings is 1. The Balaban J connectivity index is 1.35. The SMILES string of the molecule is C=C(c1ccc(OCCOc2c(-c3ccc(F)cc3)n(C)c3ccc(F)cc3c2=O)cc1)c1sc(=O)[nH]c1O. The van der Waals surface area contributed by atoms with E-state index in [0.29, 0.717) is 38.5 Å². The van der Waals surface area contributed by atoms with Crippen molar-refractivity contribution in [2.45, 2.75) is 0 Å². The highest BCUT2D eigenvalue weighted by Crippen LogP contribution is 2.32. The highest BCUT2D eigenvalue weighted by atomic mass is 32.1. The van der Waals surface area contributed by atoms with Gasteiger partial charge in [-0.2, -0.15) is 0 Å². The van der Waals surface area contributed by atoms with Crippen LogP contribution in [-0.4, -0.2) is 27.9 Å². The lowest BCUT2D eigenvalue weighted by molar-refractivity contribution is 0.216. The first-order valence-corrected chi connectivity index (χ1v) is 12.6. The Bertz CT molecular complexity index is 1810. The second-order valence-corrected chi connectivity index (χ2v) is 9.61. The molecular weight excluding hydrogens is 526 g/mol. The molecule has 39 heavy (non-hydrogen) atoms. The van der Waals surface area contributed by atoms with Gasteiger partial charge < -0.3 is 19.1 Å². The molecule has 0 unspecified atom stereocenters. The Morgan fingerprint density at radius 2 is 1.64 bits per heavy atom. The van der Waals surface area contributed by atoms with Crippen LogP contribution in [0.2, 0.25) is 0 Å². The number of hydrogen-bond acceptors (Lipinski definition) is 6. The van der Waals surface area contributed by atoms with Gasteiger partial charge in [0.25, 0.3) is 0 Å². The summed E-state index contributed by atoms with van der Waals surface area (Å²) in [5.41, 5.74) is 2.19. The number of hydrogen-bond donors (Lipinski definition) is 2. The second-order valence-electron chi connectivity index (χ2n) is 8.63. The van der Waals surface area contributed by atoms with Crippen molar-refractivity contribution in [2.24, 2.45) is 7.05 Å². The third kappa shape index (κ3) is 5.19. The lowest BCUT2D eigenvalue weighted by Gasteiger charge is -2.18. The van der Waals surface area contributed by atoms with Crippen molar-refractivity contribution in [3.8, 4) is 28.6 Å². The summed E-state index contributed by atoms with van der Waals surface area (Å²) in [5.74, 6) is -0.667. The average molecular weight is 549 g/mol. The molecule has 0 amide bonds. The maximum atomic E-state index is 14.0. The molecule has 2 aromatic heterocycles. The number of benzene rings is 3. The van der Waals surface area contributed by atoms with E-state index in [1.54, 1.807) is 48.0 Å². The molecule has 0 atom stereocenters. The van der Waals surface area contributed by atoms with Crippen LogP contribution >= 0.6 is 11.3 Å². The van der Waals surface area contributed by atoms with Gasteiger partial charge in [0.1, 0.15) is 30.6 Å². The van der Waals surface area contributed by atoms with E-state index in [1.165, 1.54) is 24.3 Å². The molecule has 2 N–H and O–H groups in total. The molecule has 0 spiro atoms. The van der Waals surface area contributed by atoms with E-state index in [9.17, 15) is 23.5 Å². The third-order valence-electron chi connectivity index (χ3n) is 6.14. The van der Waals surface area contributed by atoms with Gasteiger partial charge in [-0.15, -0.1) is 0 Å². The monoisotopic (exact) mass is 548 g/mol. The molecule has 198 valence electrons. The molecule has 5 rings (SSSR count). The Hall–Kier alpha value is -4.70. The first-order chi connectivity index (χ1) is 18.7. The number of aromatic amines is 1. The molecule has 3 aromatic carbocycles. The van der Waals surface area contributed by atoms with Crippen molar-refractivity contribution in [1.82, 2.24) is 9.55 Å². The number of fused-ring (bicyclic) bond motifs is 1. The Kier molecular flexibility index (Phi) is 7.03. The molecule has 10 heteroatoms. The number of halogens is 2. The van der Waals surface area contributed by atoms with E-state index in [0.717, 1.165) is 17.4 Å². The molecule has 0 saturated heterocycles. The van der Waals surface area contributed by atoms with E-state index < -0.39 is 17.1 Å². The zero-order valence-electron chi connectivity index (χ0n) is 20.7. The average Bonchev–Trinajstić information content (AvgIpc) is 3.27. The van der Waals surface area contributed by atoms with Crippen molar-refractivity contribution in [3.05, 3.63) is 115 Å². The highest BCUT2D eigenvalue weighted by Gasteiger charge is 2.19. The number of nitrogens with one attached hydrogen (secondary N) is 1. The predicted molar refractivity (Wildman–Crippen MR) is 147 cm³/mol. The summed E-state index contributed by atoms with van der Waals surface area (Å²) in [4.78, 5) is 27.1. The molecule has 0 radical (unpaired) electrons. The molecule has 0 fully saturated rings. The van der Waals surface area contributed by atoms with Crippen LogP contribution in [-0.2, 0) is 7.05 Å². The number of H-pyrrole nitrogens is 1. The summed E-state index contributed by atoms with van der Waals surface area (Å²) in [5, 5.41) is 10.0. The summed E-state index contributed by atoms with van der Waals surface area (Å²) in [6.45, 7) is 4.04. The number of rotatable bonds is 8. The van der Waals surface area contributed by atoms with Gasteiger partial charge in [0.05, 0.1) is 21.5 Å². The molecule has 0 aliphatic heterocycles. The predicted octanol–water partition coefficient (Wildman–Crippen LogP) is 5.46. The van der Waals surface area contributed by atoms with Gasteiger partial charge in [-0.3, -0.25) is 14.6 Å². The minimum absolute atomic E-state index is 0.00255. The zero-order chi connectivity index (χ0) is 27.7. The molecule has 0 aliphatic rings. The van der Waals surface area contributed by atoms with Crippen LogP contribution in [0.15, 0.2) is 82.9 Å². The van der Waals surface area contributed by atoms with Crippen LogP contribution in [0.4, 0.5) is 8.78 Å². The number of aromatic hydroxyl groups is 1. The number of aryl methyl sites for hydroxylation is 1. The van der Waals surface area contributed by atoms with E-state index in [2.05, 4.69) is 11.6 Å². The van der Waals surface area contributed by atoms with Crippen LogP contribution in [0.1, 0.15) is 10.4 Å². The van der Waals surface area contributed by atoms with Crippen LogP contribution in [0.25, 0.3) is 27.7 Å². The molecule has 0 bridgehead atoms. The largest absolute Gasteiger partial charge is 0.493 e. The van der Waals surface area contributed by atoms with Crippen molar-refractivity contribution in [1.29, 1.82) is 0 Å². The summed E-state index contributed by atoms with van der Waals surface area (Å²) in [6.07, 6.45) is 0. The maximum absolute atomic E-state index is 14.0. The lowest BCUT2D eigenvalue weighted by atomic mass is 10.1. The fourth-order valence-corrected chi connectivity index (χ4v) is 4.98. The molecule has 7 nitrogen and oxygen atoms in total. The number of nitrogens with zero attached hydrogens (tertiary/aromatic N) is 1. The van der Waals surface area contributed by atoms with E-state index in [4.69, 9.17) is 9.47 Å². The minimum atomic E-state index is -0.546. The summed E-state index contributed by atoms with van der Waals surface area (Å²) >= 11 is 0.865. The van der Waals surface area contributed by atoms with Gasteiger partial charge in [0.15, 0.2) is 5.75 Å². The van der Waals surface area contributed by atoms with Crippen molar-refractivity contribution >= 4 is 27.8 Å². The summed E-state index contributed by atoms with van der Waals surface area (Å²) < 4.78 is 40.9. The number of ether oxygens (including phenoxy) is 2. The maximum Gasteiger partial charge on any atom is 0.307 e. The quantitative estimate of drug-likeness (QED) is 0.251. The second kappa shape index (κ2) is 10.6. The van der Waals surface area contributed by atoms with Gasteiger partial charge in [-0.25, -0.2) is 8.78 Å². The van der Waals surface area contributed by atoms with Crippen molar-refractivity contribution in [3.63, 3.8) is 0 Å². The van der Waals surface area contributed by atoms with Gasteiger partial charge in [0.2, 0.25) is 11.3 Å². The van der Waals surface area contributed by atoms with Gasteiger partial charge in [-0.05, 0) is 65.7 Å². The van der Waals surface area contributed by atoms with Crippen LogP contribution in [0, 0.1) is 11.6 Å². The fraction of sp³-hybridized carbons (Fsp3) is 0.103. The number of aromatic nitrogens is 2. The summed E-state index contributed by atoms with van der Waals surface area (Å²) in [6, 6.07) is 16.5. The van der Waals surface area contributed by atoms with E-state index in [-0.39, 0.29) is 35.1 Å². The Morgan fingerprint density at radius 1 is 0.974 bits per heavy atom.